The molecule has 1 aliphatic rings. The molecule has 1 rings (SSSR count). The summed E-state index contributed by atoms with van der Waals surface area (Å²) in [5, 5.41) is 0. The number of nitrogens with zero attached hydrogens (tertiary/aromatic N) is 3. The SMILES string of the molecule is CCN1CCN=C1N(C)C(C)(C)C. The molecule has 0 aromatic heterocycles. The van der Waals surface area contributed by atoms with Crippen LogP contribution in [-0.4, -0.2) is 48.0 Å². The van der Waals surface area contributed by atoms with Crippen molar-refractivity contribution in [2.24, 2.45) is 4.99 Å². The Balaban J connectivity index is 2.71. The van der Waals surface area contributed by atoms with Crippen molar-refractivity contribution in [1.29, 1.82) is 0 Å². The molecule has 0 amide bonds. The van der Waals surface area contributed by atoms with Gasteiger partial charge in [0, 0.05) is 25.7 Å². The number of aliphatic imine (C=N–C) groups is 1. The quantitative estimate of drug-likeness (QED) is 0.612. The monoisotopic (exact) mass is 183 g/mol. The summed E-state index contributed by atoms with van der Waals surface area (Å²) in [5.74, 6) is 1.15. The number of likely N-dealkylation sites (N-methyl/N-ethyl adjacent to an activating group) is 1. The molecule has 0 spiro atoms. The van der Waals surface area contributed by atoms with Gasteiger partial charge in [0.25, 0.3) is 0 Å². The van der Waals surface area contributed by atoms with Gasteiger partial charge in [0.1, 0.15) is 0 Å². The van der Waals surface area contributed by atoms with Crippen LogP contribution in [0.3, 0.4) is 0 Å². The molecule has 3 nitrogen and oxygen atoms in total. The smallest absolute Gasteiger partial charge is 0.196 e. The maximum absolute atomic E-state index is 4.52. The van der Waals surface area contributed by atoms with Gasteiger partial charge in [0.05, 0.1) is 6.54 Å². The second-order valence-electron chi connectivity index (χ2n) is 4.49. The second-order valence-corrected chi connectivity index (χ2v) is 4.49. The van der Waals surface area contributed by atoms with E-state index in [1.165, 1.54) is 0 Å². The molecular weight excluding hydrogens is 162 g/mol. The summed E-state index contributed by atoms with van der Waals surface area (Å²) in [6.07, 6.45) is 0. The topological polar surface area (TPSA) is 18.8 Å². The fourth-order valence-electron chi connectivity index (χ4n) is 1.39. The van der Waals surface area contributed by atoms with E-state index >= 15 is 0 Å². The van der Waals surface area contributed by atoms with Gasteiger partial charge in [0.15, 0.2) is 5.96 Å². The van der Waals surface area contributed by atoms with Crippen LogP contribution in [0.25, 0.3) is 0 Å². The molecule has 0 N–H and O–H groups in total. The van der Waals surface area contributed by atoms with E-state index in [4.69, 9.17) is 0 Å². The fraction of sp³-hybridized carbons (Fsp3) is 0.900. The summed E-state index contributed by atoms with van der Waals surface area (Å²) in [6, 6.07) is 0. The molecular formula is C10H21N3. The van der Waals surface area contributed by atoms with Crippen molar-refractivity contribution in [2.75, 3.05) is 26.7 Å². The molecule has 1 aliphatic heterocycles. The Labute approximate surface area is 81.4 Å². The molecule has 0 bridgehead atoms. The van der Waals surface area contributed by atoms with Crippen molar-refractivity contribution < 1.29 is 0 Å². The van der Waals surface area contributed by atoms with E-state index in [1.807, 2.05) is 0 Å². The first kappa shape index (κ1) is 10.4. The first-order valence-electron chi connectivity index (χ1n) is 5.00. The summed E-state index contributed by atoms with van der Waals surface area (Å²) in [6.45, 7) is 11.9. The van der Waals surface area contributed by atoms with Crippen molar-refractivity contribution in [3.63, 3.8) is 0 Å². The third kappa shape index (κ3) is 2.14. The van der Waals surface area contributed by atoms with E-state index in [0.29, 0.717) is 0 Å². The van der Waals surface area contributed by atoms with Crippen LogP contribution < -0.4 is 0 Å². The average Bonchev–Trinajstić information content (AvgIpc) is 2.48. The number of hydrogen-bond acceptors (Lipinski definition) is 3. The maximum Gasteiger partial charge on any atom is 0.196 e. The third-order valence-electron chi connectivity index (χ3n) is 2.59. The van der Waals surface area contributed by atoms with Gasteiger partial charge in [-0.25, -0.2) is 0 Å². The standard InChI is InChI=1S/C10H21N3/c1-6-13-8-7-11-9(13)12(5)10(2,3)4/h6-8H2,1-5H3. The molecule has 0 fully saturated rings. The minimum absolute atomic E-state index is 0.163. The molecule has 1 heterocycles. The van der Waals surface area contributed by atoms with E-state index in [9.17, 15) is 0 Å². The predicted octanol–water partition coefficient (Wildman–Crippen LogP) is 1.41. The molecule has 3 heteroatoms. The Hall–Kier alpha value is -0.730. The second kappa shape index (κ2) is 3.56. The van der Waals surface area contributed by atoms with E-state index < -0.39 is 0 Å². The van der Waals surface area contributed by atoms with Gasteiger partial charge >= 0.3 is 0 Å². The van der Waals surface area contributed by atoms with E-state index in [1.54, 1.807) is 0 Å². The zero-order valence-electron chi connectivity index (χ0n) is 9.46. The molecule has 0 aromatic rings. The predicted molar refractivity (Wildman–Crippen MR) is 57.1 cm³/mol. The Morgan fingerprint density at radius 2 is 2.08 bits per heavy atom. The highest BCUT2D eigenvalue weighted by molar-refractivity contribution is 5.82. The minimum atomic E-state index is 0.163. The molecule has 0 radical (unpaired) electrons. The lowest BCUT2D eigenvalue weighted by atomic mass is 10.1. The van der Waals surface area contributed by atoms with Crippen molar-refractivity contribution in [3.05, 3.63) is 0 Å². The van der Waals surface area contributed by atoms with Gasteiger partial charge in [-0.15, -0.1) is 0 Å². The first-order chi connectivity index (χ1) is 5.96. The van der Waals surface area contributed by atoms with Gasteiger partial charge in [-0.1, -0.05) is 0 Å². The van der Waals surface area contributed by atoms with E-state index in [2.05, 4.69) is 49.5 Å². The highest BCUT2D eigenvalue weighted by atomic mass is 15.4. The van der Waals surface area contributed by atoms with Gasteiger partial charge in [0.2, 0.25) is 0 Å². The van der Waals surface area contributed by atoms with Gasteiger partial charge in [-0.2, -0.15) is 0 Å². The lowest BCUT2D eigenvalue weighted by Gasteiger charge is -2.37. The lowest BCUT2D eigenvalue weighted by molar-refractivity contribution is 0.249. The van der Waals surface area contributed by atoms with Crippen LogP contribution in [0.2, 0.25) is 0 Å². The molecule has 0 saturated carbocycles. The van der Waals surface area contributed by atoms with Gasteiger partial charge in [-0.05, 0) is 27.7 Å². The summed E-state index contributed by atoms with van der Waals surface area (Å²) < 4.78 is 0. The summed E-state index contributed by atoms with van der Waals surface area (Å²) >= 11 is 0. The Kier molecular flexibility index (Phi) is 2.84. The normalized spacial score (nSPS) is 17.6. The largest absolute Gasteiger partial charge is 0.341 e. The maximum atomic E-state index is 4.52. The molecule has 13 heavy (non-hydrogen) atoms. The van der Waals surface area contributed by atoms with Gasteiger partial charge < -0.3 is 9.80 Å². The Bertz CT molecular complexity index is 203. The summed E-state index contributed by atoms with van der Waals surface area (Å²) in [4.78, 5) is 9.10. The molecule has 76 valence electrons. The first-order valence-corrected chi connectivity index (χ1v) is 5.00. The van der Waals surface area contributed by atoms with Crippen LogP contribution in [0.4, 0.5) is 0 Å². The average molecular weight is 183 g/mol. The third-order valence-corrected chi connectivity index (χ3v) is 2.59. The fourth-order valence-corrected chi connectivity index (χ4v) is 1.39. The Morgan fingerprint density at radius 1 is 1.46 bits per heavy atom. The van der Waals surface area contributed by atoms with Crippen LogP contribution in [-0.2, 0) is 0 Å². The zero-order valence-corrected chi connectivity index (χ0v) is 9.46. The highest BCUT2D eigenvalue weighted by Crippen LogP contribution is 2.15. The lowest BCUT2D eigenvalue weighted by Crippen LogP contribution is -2.48. The number of guanidine groups is 1. The van der Waals surface area contributed by atoms with Crippen LogP contribution in [0.1, 0.15) is 27.7 Å². The van der Waals surface area contributed by atoms with Crippen molar-refractivity contribution in [3.8, 4) is 0 Å². The van der Waals surface area contributed by atoms with E-state index in [-0.39, 0.29) is 5.54 Å². The molecule has 0 atom stereocenters. The molecule has 0 aromatic carbocycles. The van der Waals surface area contributed by atoms with Crippen LogP contribution in [0.15, 0.2) is 4.99 Å². The number of hydrogen-bond donors (Lipinski definition) is 0. The zero-order chi connectivity index (χ0) is 10.1. The van der Waals surface area contributed by atoms with E-state index in [0.717, 1.165) is 25.6 Å². The van der Waals surface area contributed by atoms with Crippen LogP contribution in [0, 0.1) is 0 Å². The highest BCUT2D eigenvalue weighted by Gasteiger charge is 2.26. The van der Waals surface area contributed by atoms with Crippen LogP contribution >= 0.6 is 0 Å². The van der Waals surface area contributed by atoms with Crippen molar-refractivity contribution in [2.45, 2.75) is 33.2 Å². The summed E-state index contributed by atoms with van der Waals surface area (Å²) in [7, 11) is 2.12. The molecule has 0 unspecified atom stereocenters. The van der Waals surface area contributed by atoms with Gasteiger partial charge in [-0.3, -0.25) is 4.99 Å². The van der Waals surface area contributed by atoms with Crippen molar-refractivity contribution >= 4 is 5.96 Å². The molecule has 0 saturated heterocycles. The Morgan fingerprint density at radius 3 is 2.54 bits per heavy atom. The van der Waals surface area contributed by atoms with Crippen LogP contribution in [0.5, 0.6) is 0 Å². The van der Waals surface area contributed by atoms with Crippen molar-refractivity contribution in [1.82, 2.24) is 9.80 Å². The minimum Gasteiger partial charge on any atom is -0.341 e. The number of rotatable bonds is 1. The summed E-state index contributed by atoms with van der Waals surface area (Å²) in [5.41, 5.74) is 0.163. The molecule has 0 aliphatic carbocycles.